The third-order valence-corrected chi connectivity index (χ3v) is 4.78. The molecule has 3 heterocycles. The molecule has 2 fully saturated rings. The Hall–Kier alpha value is -0.380. The molecule has 2 nitrogen and oxygen atoms in total. The number of nitrogens with two attached hydrogens (primary N) is 1. The van der Waals surface area contributed by atoms with Crippen molar-refractivity contribution in [2.75, 3.05) is 0 Å². The fourth-order valence-electron chi connectivity index (χ4n) is 3.11. The van der Waals surface area contributed by atoms with Crippen LogP contribution >= 0.6 is 11.3 Å². The maximum atomic E-state index is 6.31. The van der Waals surface area contributed by atoms with E-state index in [1.54, 1.807) is 11.3 Å². The van der Waals surface area contributed by atoms with E-state index in [9.17, 15) is 0 Å². The Kier molecular flexibility index (Phi) is 3.01. The second-order valence-corrected chi connectivity index (χ2v) is 5.89. The summed E-state index contributed by atoms with van der Waals surface area (Å²) in [5, 5.41) is 4.37. The van der Waals surface area contributed by atoms with E-state index in [0.29, 0.717) is 24.2 Å². The zero-order chi connectivity index (χ0) is 11.0. The monoisotopic (exact) mass is 237 g/mol. The van der Waals surface area contributed by atoms with Gasteiger partial charge >= 0.3 is 0 Å². The van der Waals surface area contributed by atoms with Crippen LogP contribution in [0.3, 0.4) is 0 Å². The Morgan fingerprint density at radius 1 is 1.50 bits per heavy atom. The number of hydrogen-bond acceptors (Lipinski definition) is 3. The van der Waals surface area contributed by atoms with E-state index in [1.165, 1.54) is 24.8 Å². The second kappa shape index (κ2) is 4.47. The van der Waals surface area contributed by atoms with Gasteiger partial charge in [0.1, 0.15) is 0 Å². The van der Waals surface area contributed by atoms with Crippen LogP contribution in [0.15, 0.2) is 16.8 Å². The highest BCUT2D eigenvalue weighted by Crippen LogP contribution is 2.40. The van der Waals surface area contributed by atoms with Gasteiger partial charge in [-0.2, -0.15) is 11.3 Å². The molecule has 1 aromatic heterocycles. The SMILES string of the molecule is NC(CCc1ccsc1)C1CC2CCC1O2. The van der Waals surface area contributed by atoms with Crippen molar-refractivity contribution in [3.05, 3.63) is 22.4 Å². The van der Waals surface area contributed by atoms with E-state index in [2.05, 4.69) is 16.8 Å². The third-order valence-electron chi connectivity index (χ3n) is 4.05. The van der Waals surface area contributed by atoms with Crippen LogP contribution in [0.4, 0.5) is 0 Å². The van der Waals surface area contributed by atoms with E-state index in [4.69, 9.17) is 10.5 Å². The van der Waals surface area contributed by atoms with Gasteiger partial charge in [0, 0.05) is 12.0 Å². The van der Waals surface area contributed by atoms with Crippen LogP contribution in [0.25, 0.3) is 0 Å². The summed E-state index contributed by atoms with van der Waals surface area (Å²) >= 11 is 1.77. The van der Waals surface area contributed by atoms with Crippen molar-refractivity contribution < 1.29 is 4.74 Å². The van der Waals surface area contributed by atoms with Gasteiger partial charge in [0.2, 0.25) is 0 Å². The quantitative estimate of drug-likeness (QED) is 0.873. The largest absolute Gasteiger partial charge is 0.375 e. The molecule has 2 aliphatic rings. The minimum Gasteiger partial charge on any atom is -0.375 e. The zero-order valence-corrected chi connectivity index (χ0v) is 10.3. The summed E-state index contributed by atoms with van der Waals surface area (Å²) in [6.45, 7) is 0. The molecule has 2 bridgehead atoms. The second-order valence-electron chi connectivity index (χ2n) is 5.11. The van der Waals surface area contributed by atoms with Crippen LogP contribution in [-0.2, 0) is 11.2 Å². The summed E-state index contributed by atoms with van der Waals surface area (Å²) in [6, 6.07) is 2.53. The smallest absolute Gasteiger partial charge is 0.0623 e. The summed E-state index contributed by atoms with van der Waals surface area (Å²) in [7, 11) is 0. The Labute approximate surface area is 101 Å². The first-order chi connectivity index (χ1) is 7.83. The molecule has 4 atom stereocenters. The van der Waals surface area contributed by atoms with Gasteiger partial charge in [-0.15, -0.1) is 0 Å². The van der Waals surface area contributed by atoms with Crippen molar-refractivity contribution in [2.24, 2.45) is 11.7 Å². The standard InChI is InChI=1S/C13H19NOS/c14-12(3-1-9-5-6-16-8-9)11-7-10-2-4-13(11)15-10/h5-6,8,10-13H,1-4,7,14H2. The molecule has 2 aliphatic heterocycles. The van der Waals surface area contributed by atoms with Gasteiger partial charge in [-0.05, 0) is 54.5 Å². The molecule has 88 valence electrons. The van der Waals surface area contributed by atoms with Gasteiger partial charge < -0.3 is 10.5 Å². The lowest BCUT2D eigenvalue weighted by Crippen LogP contribution is -2.36. The molecule has 2 saturated heterocycles. The molecular weight excluding hydrogens is 218 g/mol. The number of fused-ring (bicyclic) bond motifs is 2. The molecule has 0 aromatic carbocycles. The Balaban J connectivity index is 1.52. The van der Waals surface area contributed by atoms with Crippen LogP contribution in [0.2, 0.25) is 0 Å². The first-order valence-electron chi connectivity index (χ1n) is 6.25. The van der Waals surface area contributed by atoms with E-state index < -0.39 is 0 Å². The Bertz CT molecular complexity index is 338. The van der Waals surface area contributed by atoms with Gasteiger partial charge in [-0.1, -0.05) is 0 Å². The lowest BCUT2D eigenvalue weighted by molar-refractivity contribution is 0.0879. The molecule has 0 saturated carbocycles. The van der Waals surface area contributed by atoms with Crippen molar-refractivity contribution in [1.29, 1.82) is 0 Å². The maximum Gasteiger partial charge on any atom is 0.0623 e. The predicted octanol–water partition coefficient (Wildman–Crippen LogP) is 2.58. The zero-order valence-electron chi connectivity index (χ0n) is 9.47. The third kappa shape index (κ3) is 2.04. The molecule has 3 rings (SSSR count). The van der Waals surface area contributed by atoms with Crippen molar-refractivity contribution in [3.63, 3.8) is 0 Å². The molecule has 3 heteroatoms. The number of rotatable bonds is 4. The number of hydrogen-bond donors (Lipinski definition) is 1. The number of thiophene rings is 1. The van der Waals surface area contributed by atoms with Gasteiger partial charge in [0.15, 0.2) is 0 Å². The molecule has 4 unspecified atom stereocenters. The number of ether oxygens (including phenoxy) is 1. The maximum absolute atomic E-state index is 6.31. The molecule has 0 aliphatic carbocycles. The molecule has 0 amide bonds. The summed E-state index contributed by atoms with van der Waals surface area (Å²) < 4.78 is 5.87. The first kappa shape index (κ1) is 10.8. The van der Waals surface area contributed by atoms with Gasteiger partial charge in [0.25, 0.3) is 0 Å². The van der Waals surface area contributed by atoms with Crippen molar-refractivity contribution in [3.8, 4) is 0 Å². The van der Waals surface area contributed by atoms with E-state index in [0.717, 1.165) is 12.8 Å². The fraction of sp³-hybridized carbons (Fsp3) is 0.692. The lowest BCUT2D eigenvalue weighted by Gasteiger charge is -2.25. The molecule has 16 heavy (non-hydrogen) atoms. The highest BCUT2D eigenvalue weighted by atomic mass is 32.1. The Morgan fingerprint density at radius 2 is 2.44 bits per heavy atom. The van der Waals surface area contributed by atoms with E-state index in [1.807, 2.05) is 0 Å². The highest BCUT2D eigenvalue weighted by molar-refractivity contribution is 7.07. The van der Waals surface area contributed by atoms with Crippen LogP contribution in [0.5, 0.6) is 0 Å². The lowest BCUT2D eigenvalue weighted by atomic mass is 9.82. The minimum absolute atomic E-state index is 0.329. The Morgan fingerprint density at radius 3 is 3.06 bits per heavy atom. The van der Waals surface area contributed by atoms with Crippen molar-refractivity contribution in [1.82, 2.24) is 0 Å². The van der Waals surface area contributed by atoms with E-state index in [-0.39, 0.29) is 0 Å². The van der Waals surface area contributed by atoms with Crippen LogP contribution in [0.1, 0.15) is 31.2 Å². The average Bonchev–Trinajstić information content (AvgIpc) is 3.01. The molecule has 0 radical (unpaired) electrons. The van der Waals surface area contributed by atoms with Crippen molar-refractivity contribution in [2.45, 2.75) is 50.4 Å². The molecule has 0 spiro atoms. The van der Waals surface area contributed by atoms with Gasteiger partial charge in [0.05, 0.1) is 12.2 Å². The average molecular weight is 237 g/mol. The highest BCUT2D eigenvalue weighted by Gasteiger charge is 2.42. The van der Waals surface area contributed by atoms with Gasteiger partial charge in [-0.25, -0.2) is 0 Å². The van der Waals surface area contributed by atoms with E-state index >= 15 is 0 Å². The van der Waals surface area contributed by atoms with Crippen LogP contribution in [-0.4, -0.2) is 18.2 Å². The molecule has 2 N–H and O–H groups in total. The summed E-state index contributed by atoms with van der Waals surface area (Å²) in [5.74, 6) is 0.623. The summed E-state index contributed by atoms with van der Waals surface area (Å²) in [6.07, 6.45) is 6.94. The van der Waals surface area contributed by atoms with Gasteiger partial charge in [-0.3, -0.25) is 0 Å². The minimum atomic E-state index is 0.329. The molecular formula is C13H19NOS. The predicted molar refractivity (Wildman–Crippen MR) is 66.6 cm³/mol. The fourth-order valence-corrected chi connectivity index (χ4v) is 3.81. The molecule has 1 aromatic rings. The summed E-state index contributed by atoms with van der Waals surface area (Å²) in [5.41, 5.74) is 7.74. The first-order valence-corrected chi connectivity index (χ1v) is 7.19. The normalized spacial score (nSPS) is 34.4. The van der Waals surface area contributed by atoms with Crippen LogP contribution in [0, 0.1) is 5.92 Å². The van der Waals surface area contributed by atoms with Crippen LogP contribution < -0.4 is 5.73 Å². The summed E-state index contributed by atoms with van der Waals surface area (Å²) in [4.78, 5) is 0. The topological polar surface area (TPSA) is 35.2 Å². The van der Waals surface area contributed by atoms with Crippen molar-refractivity contribution >= 4 is 11.3 Å². The number of aryl methyl sites for hydroxylation is 1.